The molecule has 1 aromatic heterocycles. The number of hydrogen-bond donors (Lipinski definition) is 1. The maximum atomic E-state index is 11.0. The maximum absolute atomic E-state index is 11.0. The minimum atomic E-state index is -0.798. The Balaban J connectivity index is 2.37. The standard InChI is InChI=1S/C8H7BrO3S/c9-5-1-6(13-2-5)8(7(10)11)3-12-4-8/h1-2H,3-4H2,(H,10,11). The van der Waals surface area contributed by atoms with E-state index in [0.29, 0.717) is 0 Å². The van der Waals surface area contributed by atoms with Crippen LogP contribution in [0.4, 0.5) is 0 Å². The van der Waals surface area contributed by atoms with Crippen LogP contribution in [-0.4, -0.2) is 24.3 Å². The highest BCUT2D eigenvalue weighted by Crippen LogP contribution is 2.37. The zero-order valence-electron chi connectivity index (χ0n) is 6.62. The van der Waals surface area contributed by atoms with Gasteiger partial charge in [0, 0.05) is 14.7 Å². The van der Waals surface area contributed by atoms with Gasteiger partial charge < -0.3 is 9.84 Å². The molecule has 1 fully saturated rings. The fourth-order valence-electron chi connectivity index (χ4n) is 1.24. The Morgan fingerprint density at radius 2 is 2.38 bits per heavy atom. The normalized spacial score (nSPS) is 19.5. The van der Waals surface area contributed by atoms with Crippen LogP contribution >= 0.6 is 27.3 Å². The molecule has 2 heterocycles. The number of carbonyl (C=O) groups is 1. The first-order chi connectivity index (χ1) is 6.15. The van der Waals surface area contributed by atoms with Gasteiger partial charge in [-0.05, 0) is 22.0 Å². The van der Waals surface area contributed by atoms with Crippen molar-refractivity contribution >= 4 is 33.2 Å². The van der Waals surface area contributed by atoms with Crippen molar-refractivity contribution in [3.8, 4) is 0 Å². The van der Waals surface area contributed by atoms with Crippen molar-refractivity contribution in [1.82, 2.24) is 0 Å². The van der Waals surface area contributed by atoms with E-state index in [1.165, 1.54) is 11.3 Å². The Hall–Kier alpha value is -0.390. The second-order valence-electron chi connectivity index (χ2n) is 3.01. The number of ether oxygens (including phenoxy) is 1. The summed E-state index contributed by atoms with van der Waals surface area (Å²) in [6, 6.07) is 1.85. The predicted octanol–water partition coefficient (Wildman–Crippen LogP) is 1.86. The third kappa shape index (κ3) is 1.31. The van der Waals surface area contributed by atoms with Crippen molar-refractivity contribution in [3.63, 3.8) is 0 Å². The molecular weight excluding hydrogens is 256 g/mol. The second-order valence-corrected chi connectivity index (χ2v) is 4.84. The molecule has 13 heavy (non-hydrogen) atoms. The van der Waals surface area contributed by atoms with E-state index in [2.05, 4.69) is 15.9 Å². The summed E-state index contributed by atoms with van der Waals surface area (Å²) in [7, 11) is 0. The minimum absolute atomic E-state index is 0.287. The molecule has 0 aliphatic carbocycles. The fourth-order valence-corrected chi connectivity index (χ4v) is 2.84. The van der Waals surface area contributed by atoms with Gasteiger partial charge in [-0.2, -0.15) is 0 Å². The first-order valence-corrected chi connectivity index (χ1v) is 5.38. The van der Waals surface area contributed by atoms with Crippen molar-refractivity contribution in [2.24, 2.45) is 0 Å². The van der Waals surface area contributed by atoms with E-state index >= 15 is 0 Å². The van der Waals surface area contributed by atoms with Gasteiger partial charge in [0.1, 0.15) is 5.41 Å². The topological polar surface area (TPSA) is 46.5 Å². The van der Waals surface area contributed by atoms with E-state index in [-0.39, 0.29) is 13.2 Å². The molecule has 0 amide bonds. The van der Waals surface area contributed by atoms with Crippen LogP contribution in [0, 0.1) is 0 Å². The van der Waals surface area contributed by atoms with Crippen LogP contribution in [0.1, 0.15) is 4.88 Å². The van der Waals surface area contributed by atoms with E-state index in [1.807, 2.05) is 11.4 Å². The van der Waals surface area contributed by atoms with Crippen LogP contribution in [0.3, 0.4) is 0 Å². The molecule has 0 saturated carbocycles. The van der Waals surface area contributed by atoms with Crippen molar-refractivity contribution in [1.29, 1.82) is 0 Å². The monoisotopic (exact) mass is 262 g/mol. The van der Waals surface area contributed by atoms with Gasteiger partial charge in [0.05, 0.1) is 13.2 Å². The average Bonchev–Trinajstić information content (AvgIpc) is 2.32. The van der Waals surface area contributed by atoms with Crippen LogP contribution in [-0.2, 0) is 14.9 Å². The third-order valence-corrected chi connectivity index (χ3v) is 4.04. The zero-order valence-corrected chi connectivity index (χ0v) is 9.02. The molecular formula is C8H7BrO3S. The predicted molar refractivity (Wildman–Crippen MR) is 52.2 cm³/mol. The number of hydrogen-bond acceptors (Lipinski definition) is 3. The van der Waals surface area contributed by atoms with Gasteiger partial charge in [-0.25, -0.2) is 0 Å². The average molecular weight is 263 g/mol. The molecule has 0 spiro atoms. The molecule has 5 heteroatoms. The van der Waals surface area contributed by atoms with Crippen molar-refractivity contribution in [3.05, 3.63) is 20.8 Å². The summed E-state index contributed by atoms with van der Waals surface area (Å²) in [4.78, 5) is 11.9. The summed E-state index contributed by atoms with van der Waals surface area (Å²) < 4.78 is 5.90. The van der Waals surface area contributed by atoms with Crippen LogP contribution in [0.2, 0.25) is 0 Å². The molecule has 1 saturated heterocycles. The first kappa shape index (κ1) is 9.18. The van der Waals surface area contributed by atoms with Crippen molar-refractivity contribution in [2.45, 2.75) is 5.41 Å². The molecule has 1 aliphatic heterocycles. The molecule has 0 aromatic carbocycles. The lowest BCUT2D eigenvalue weighted by atomic mass is 9.84. The summed E-state index contributed by atoms with van der Waals surface area (Å²) in [5, 5.41) is 10.9. The largest absolute Gasteiger partial charge is 0.480 e. The molecule has 70 valence electrons. The van der Waals surface area contributed by atoms with E-state index in [0.717, 1.165) is 9.35 Å². The van der Waals surface area contributed by atoms with Gasteiger partial charge >= 0.3 is 5.97 Å². The lowest BCUT2D eigenvalue weighted by Gasteiger charge is -2.36. The lowest BCUT2D eigenvalue weighted by molar-refractivity contribution is -0.162. The minimum Gasteiger partial charge on any atom is -0.480 e. The van der Waals surface area contributed by atoms with Gasteiger partial charge in [0.25, 0.3) is 0 Å². The maximum Gasteiger partial charge on any atom is 0.319 e. The second kappa shape index (κ2) is 3.08. The van der Waals surface area contributed by atoms with Gasteiger partial charge in [-0.15, -0.1) is 11.3 Å². The Morgan fingerprint density at radius 3 is 2.69 bits per heavy atom. The summed E-state index contributed by atoms with van der Waals surface area (Å²) in [5.41, 5.74) is -0.781. The summed E-state index contributed by atoms with van der Waals surface area (Å²) in [6.07, 6.45) is 0. The zero-order chi connectivity index (χ0) is 9.47. The lowest BCUT2D eigenvalue weighted by Crippen LogP contribution is -2.52. The number of thiophene rings is 1. The summed E-state index contributed by atoms with van der Waals surface area (Å²) in [6.45, 7) is 0.574. The number of rotatable bonds is 2. The fraction of sp³-hybridized carbons (Fsp3) is 0.375. The molecule has 1 aromatic rings. The van der Waals surface area contributed by atoms with E-state index in [1.54, 1.807) is 0 Å². The van der Waals surface area contributed by atoms with Crippen LogP contribution in [0.25, 0.3) is 0 Å². The smallest absolute Gasteiger partial charge is 0.319 e. The molecule has 0 atom stereocenters. The van der Waals surface area contributed by atoms with E-state index in [9.17, 15) is 4.79 Å². The quantitative estimate of drug-likeness (QED) is 0.885. The third-order valence-electron chi connectivity index (χ3n) is 2.15. The van der Waals surface area contributed by atoms with E-state index < -0.39 is 11.4 Å². The van der Waals surface area contributed by atoms with Crippen molar-refractivity contribution in [2.75, 3.05) is 13.2 Å². The highest BCUT2D eigenvalue weighted by atomic mass is 79.9. The van der Waals surface area contributed by atoms with Crippen LogP contribution in [0.15, 0.2) is 15.9 Å². The highest BCUT2D eigenvalue weighted by molar-refractivity contribution is 9.10. The van der Waals surface area contributed by atoms with E-state index in [4.69, 9.17) is 9.84 Å². The Labute approximate surface area is 87.5 Å². The molecule has 3 nitrogen and oxygen atoms in total. The molecule has 0 bridgehead atoms. The molecule has 1 N–H and O–H groups in total. The Kier molecular flexibility index (Phi) is 2.17. The summed E-state index contributed by atoms with van der Waals surface area (Å²) in [5.74, 6) is -0.798. The van der Waals surface area contributed by atoms with Crippen LogP contribution < -0.4 is 0 Å². The van der Waals surface area contributed by atoms with Crippen molar-refractivity contribution < 1.29 is 14.6 Å². The first-order valence-electron chi connectivity index (χ1n) is 3.71. The van der Waals surface area contributed by atoms with Crippen LogP contribution in [0.5, 0.6) is 0 Å². The number of carboxylic acids is 1. The highest BCUT2D eigenvalue weighted by Gasteiger charge is 2.48. The molecule has 1 aliphatic rings. The SMILES string of the molecule is O=C(O)C1(c2cc(Br)cs2)COC1. The molecule has 0 unspecified atom stereocenters. The summed E-state index contributed by atoms with van der Waals surface area (Å²) >= 11 is 4.76. The number of carboxylic acid groups (broad SMARTS) is 1. The Morgan fingerprint density at radius 1 is 1.69 bits per heavy atom. The van der Waals surface area contributed by atoms with Gasteiger partial charge in [0.15, 0.2) is 0 Å². The number of halogens is 1. The molecule has 2 rings (SSSR count). The Bertz CT molecular complexity index is 343. The van der Waals surface area contributed by atoms with Gasteiger partial charge in [-0.1, -0.05) is 0 Å². The number of aliphatic carboxylic acids is 1. The molecule has 0 radical (unpaired) electrons. The van der Waals surface area contributed by atoms with Gasteiger partial charge in [-0.3, -0.25) is 4.79 Å². The van der Waals surface area contributed by atoms with Gasteiger partial charge in [0.2, 0.25) is 0 Å².